The average molecular weight is 463 g/mol. The molecule has 1 aliphatic heterocycles. The Kier molecular flexibility index (Phi) is 6.42. The SMILES string of the molecule is CCO[P+]1(O)N=C(c2c(O)c(C(C)(C)C)n(CCC(C)(C)C)c2O)Nc2ccc(C)cc21. The summed E-state index contributed by atoms with van der Waals surface area (Å²) in [6.45, 7) is 17.0. The summed E-state index contributed by atoms with van der Waals surface area (Å²) in [5.41, 5.74) is 2.09. The van der Waals surface area contributed by atoms with E-state index in [9.17, 15) is 15.1 Å². The molecule has 0 aliphatic carbocycles. The lowest BCUT2D eigenvalue weighted by atomic mass is 9.89. The molecular formula is C24H37N3O4P+. The highest BCUT2D eigenvalue weighted by atomic mass is 31.2. The van der Waals surface area contributed by atoms with Gasteiger partial charge in [0, 0.05) is 12.0 Å². The molecule has 3 rings (SSSR count). The fourth-order valence-electron chi connectivity index (χ4n) is 3.96. The molecule has 1 aromatic heterocycles. The summed E-state index contributed by atoms with van der Waals surface area (Å²) >= 11 is 0. The summed E-state index contributed by atoms with van der Waals surface area (Å²) in [5.74, 6) is 0.107. The van der Waals surface area contributed by atoms with Gasteiger partial charge in [-0.3, -0.25) is 0 Å². The zero-order valence-electron chi connectivity index (χ0n) is 20.4. The Morgan fingerprint density at radius 3 is 2.34 bits per heavy atom. The molecular weight excluding hydrogens is 425 g/mol. The first kappa shape index (κ1) is 24.6. The summed E-state index contributed by atoms with van der Waals surface area (Å²) < 4.78 is 12.1. The normalized spacial score (nSPS) is 18.8. The van der Waals surface area contributed by atoms with E-state index >= 15 is 0 Å². The van der Waals surface area contributed by atoms with Crippen LogP contribution in [0.15, 0.2) is 23.0 Å². The van der Waals surface area contributed by atoms with Gasteiger partial charge in [0.05, 0.1) is 18.0 Å². The first-order valence-corrected chi connectivity index (χ1v) is 12.7. The van der Waals surface area contributed by atoms with Gasteiger partial charge in [0.15, 0.2) is 11.6 Å². The highest BCUT2D eigenvalue weighted by molar-refractivity contribution is 7.72. The second kappa shape index (κ2) is 8.36. The lowest BCUT2D eigenvalue weighted by Crippen LogP contribution is -2.28. The summed E-state index contributed by atoms with van der Waals surface area (Å²) in [4.78, 5) is 11.4. The summed E-state index contributed by atoms with van der Waals surface area (Å²) in [7, 11) is -3.34. The van der Waals surface area contributed by atoms with Gasteiger partial charge in [-0.25, -0.2) is 0 Å². The van der Waals surface area contributed by atoms with Crippen LogP contribution in [0.3, 0.4) is 0 Å². The lowest BCUT2D eigenvalue weighted by Gasteiger charge is -2.25. The number of rotatable bonds is 5. The topological polar surface area (TPSA) is 99.2 Å². The molecule has 0 radical (unpaired) electrons. The number of hydrogen-bond donors (Lipinski definition) is 4. The Hall–Kier alpha value is -2.08. The first-order valence-electron chi connectivity index (χ1n) is 11.1. The van der Waals surface area contributed by atoms with Crippen LogP contribution in [0.2, 0.25) is 0 Å². The molecule has 0 saturated carbocycles. The van der Waals surface area contributed by atoms with Gasteiger partial charge >= 0.3 is 7.87 Å². The highest BCUT2D eigenvalue weighted by Crippen LogP contribution is 2.60. The van der Waals surface area contributed by atoms with E-state index < -0.39 is 13.3 Å². The number of aromatic nitrogens is 1. The van der Waals surface area contributed by atoms with Gasteiger partial charge in [0.2, 0.25) is 11.2 Å². The van der Waals surface area contributed by atoms with Gasteiger partial charge < -0.3 is 20.1 Å². The van der Waals surface area contributed by atoms with E-state index in [4.69, 9.17) is 4.52 Å². The molecule has 32 heavy (non-hydrogen) atoms. The number of aryl methyl sites for hydroxylation is 1. The predicted octanol–water partition coefficient (Wildman–Crippen LogP) is 5.23. The minimum Gasteiger partial charge on any atom is -0.505 e. The van der Waals surface area contributed by atoms with Crippen molar-refractivity contribution in [2.45, 2.75) is 73.8 Å². The van der Waals surface area contributed by atoms with E-state index in [-0.39, 0.29) is 35.1 Å². The van der Waals surface area contributed by atoms with E-state index in [0.717, 1.165) is 12.0 Å². The molecule has 2 aromatic rings. The zero-order valence-corrected chi connectivity index (χ0v) is 21.3. The lowest BCUT2D eigenvalue weighted by molar-refractivity contribution is 0.318. The molecule has 1 aromatic carbocycles. The number of aromatic hydroxyl groups is 2. The van der Waals surface area contributed by atoms with Gasteiger partial charge in [-0.1, -0.05) is 47.6 Å². The Bertz CT molecular complexity index is 1050. The fraction of sp³-hybridized carbons (Fsp3) is 0.542. The number of nitrogens with zero attached hydrogens (tertiary/aromatic N) is 2. The number of amidine groups is 1. The molecule has 0 spiro atoms. The minimum absolute atomic E-state index is 0.0335. The van der Waals surface area contributed by atoms with Crippen LogP contribution in [0, 0.1) is 12.3 Å². The monoisotopic (exact) mass is 462 g/mol. The van der Waals surface area contributed by atoms with Crippen LogP contribution in [-0.4, -0.2) is 32.1 Å². The van der Waals surface area contributed by atoms with Crippen LogP contribution in [0.1, 0.15) is 71.7 Å². The molecule has 1 unspecified atom stereocenters. The number of fused-ring (bicyclic) bond motifs is 1. The third-order valence-corrected chi connectivity index (χ3v) is 7.59. The molecule has 0 saturated heterocycles. The van der Waals surface area contributed by atoms with Crippen LogP contribution in [0.25, 0.3) is 0 Å². The third kappa shape index (κ3) is 4.66. The maximum absolute atomic E-state index is 11.4. The zero-order chi connectivity index (χ0) is 24.1. The molecule has 176 valence electrons. The summed E-state index contributed by atoms with van der Waals surface area (Å²) in [5, 5.41) is 26.4. The molecule has 0 bridgehead atoms. The van der Waals surface area contributed by atoms with Crippen molar-refractivity contribution in [3.05, 3.63) is 35.0 Å². The second-order valence-electron chi connectivity index (χ2n) is 10.7. The second-order valence-corrected chi connectivity index (χ2v) is 12.7. The van der Waals surface area contributed by atoms with Crippen molar-refractivity contribution in [2.75, 3.05) is 11.9 Å². The van der Waals surface area contributed by atoms with Gasteiger partial charge in [-0.2, -0.15) is 9.42 Å². The van der Waals surface area contributed by atoms with Gasteiger partial charge in [-0.05, 0) is 48.1 Å². The van der Waals surface area contributed by atoms with Crippen molar-refractivity contribution in [2.24, 2.45) is 10.2 Å². The van der Waals surface area contributed by atoms with Gasteiger partial charge in [0.25, 0.3) is 0 Å². The van der Waals surface area contributed by atoms with E-state index in [1.54, 1.807) is 11.5 Å². The minimum atomic E-state index is -3.34. The maximum Gasteiger partial charge on any atom is 0.432 e. The van der Waals surface area contributed by atoms with E-state index in [1.165, 1.54) is 0 Å². The van der Waals surface area contributed by atoms with Crippen molar-refractivity contribution < 1.29 is 19.6 Å². The first-order chi connectivity index (χ1) is 14.7. The molecule has 8 heteroatoms. The Balaban J connectivity index is 2.20. The molecule has 2 heterocycles. The Morgan fingerprint density at radius 2 is 1.78 bits per heavy atom. The molecule has 0 amide bonds. The number of nitrogens with one attached hydrogen (secondary N) is 1. The Morgan fingerprint density at radius 1 is 1.12 bits per heavy atom. The highest BCUT2D eigenvalue weighted by Gasteiger charge is 2.49. The predicted molar refractivity (Wildman–Crippen MR) is 132 cm³/mol. The fourth-order valence-corrected chi connectivity index (χ4v) is 5.86. The van der Waals surface area contributed by atoms with Crippen molar-refractivity contribution in [3.8, 4) is 11.6 Å². The molecule has 1 atom stereocenters. The van der Waals surface area contributed by atoms with Crippen molar-refractivity contribution in [1.82, 2.24) is 4.57 Å². The summed E-state index contributed by atoms with van der Waals surface area (Å²) in [6, 6.07) is 5.65. The van der Waals surface area contributed by atoms with Crippen LogP contribution >= 0.6 is 7.87 Å². The number of hydrogen-bond acceptors (Lipinski definition) is 6. The molecule has 7 nitrogen and oxygen atoms in total. The van der Waals surface area contributed by atoms with Crippen LogP contribution in [-0.2, 0) is 16.5 Å². The van der Waals surface area contributed by atoms with Gasteiger partial charge in [-0.15, -0.1) is 0 Å². The summed E-state index contributed by atoms with van der Waals surface area (Å²) in [6.07, 6.45) is 0.815. The van der Waals surface area contributed by atoms with Crippen molar-refractivity contribution >= 4 is 24.7 Å². The van der Waals surface area contributed by atoms with Crippen LogP contribution < -0.4 is 10.6 Å². The third-order valence-electron chi connectivity index (χ3n) is 5.51. The van der Waals surface area contributed by atoms with Crippen LogP contribution in [0.5, 0.6) is 11.6 Å². The van der Waals surface area contributed by atoms with Crippen molar-refractivity contribution in [3.63, 3.8) is 0 Å². The maximum atomic E-state index is 11.4. The molecule has 4 N–H and O–H groups in total. The molecule has 0 fully saturated rings. The smallest absolute Gasteiger partial charge is 0.432 e. The van der Waals surface area contributed by atoms with E-state index in [2.05, 4.69) is 30.9 Å². The van der Waals surface area contributed by atoms with E-state index in [0.29, 0.717) is 23.2 Å². The molecule has 1 aliphatic rings. The van der Waals surface area contributed by atoms with Gasteiger partial charge in [0.1, 0.15) is 5.56 Å². The standard InChI is InChI=1S/C24H36N3O4P/c1-9-31-32(30)17-14-15(2)10-11-16(17)25-21(26-32)18-19(28)20(24(6,7)8)27(22(18)29)13-12-23(3,4)5/h10-11,14,30H,9,12-13H2,1-8H3,(H2-,25,26,28,29)/p+1. The van der Waals surface area contributed by atoms with E-state index in [1.807, 2.05) is 45.9 Å². The number of anilines is 1. The average Bonchev–Trinajstić information content (AvgIpc) is 2.90. The Labute approximate surface area is 191 Å². The van der Waals surface area contributed by atoms with Crippen molar-refractivity contribution in [1.29, 1.82) is 0 Å². The van der Waals surface area contributed by atoms with Crippen LogP contribution in [0.4, 0.5) is 5.69 Å². The quantitative estimate of drug-likeness (QED) is 0.456. The largest absolute Gasteiger partial charge is 0.505 e. The number of benzene rings is 1.